The molecule has 0 radical (unpaired) electrons. The molecular formula is C26H34N2O4. The maximum absolute atomic E-state index is 13.4. The molecule has 6 nitrogen and oxygen atoms in total. The molecule has 2 aromatic carbocycles. The van der Waals surface area contributed by atoms with Gasteiger partial charge in [-0.25, -0.2) is 4.79 Å². The first-order chi connectivity index (χ1) is 15.3. The summed E-state index contributed by atoms with van der Waals surface area (Å²) in [7, 11) is 1.69. The molecule has 172 valence electrons. The van der Waals surface area contributed by atoms with Crippen LogP contribution in [0, 0.1) is 0 Å². The summed E-state index contributed by atoms with van der Waals surface area (Å²) < 4.78 is 10.9. The molecule has 0 unspecified atom stereocenters. The number of methoxy groups -OCH3 is 1. The standard InChI is InChI=1S/C26H34N2O4/c1-26(2,3)32-25(30)27-22(18-19-10-6-5-7-11-19)24(29)28-16-14-20(15-17-28)21-12-8-9-13-23(21)31-4/h5-13,20,22H,14-18H2,1-4H3,(H,27,30)/t22-/m1/s1. The smallest absolute Gasteiger partial charge is 0.408 e. The van der Waals surface area contributed by atoms with Crippen molar-refractivity contribution in [2.75, 3.05) is 20.2 Å². The number of carbonyl (C=O) groups excluding carboxylic acids is 2. The normalized spacial score (nSPS) is 15.7. The molecule has 2 aromatic rings. The van der Waals surface area contributed by atoms with Crippen LogP contribution in [0.3, 0.4) is 0 Å². The summed E-state index contributed by atoms with van der Waals surface area (Å²) in [6.07, 6.45) is 1.56. The van der Waals surface area contributed by atoms with Crippen molar-refractivity contribution >= 4 is 12.0 Å². The number of amides is 2. The Morgan fingerprint density at radius 3 is 2.28 bits per heavy atom. The average molecular weight is 439 g/mol. The third-order valence-electron chi connectivity index (χ3n) is 5.66. The highest BCUT2D eigenvalue weighted by Crippen LogP contribution is 2.34. The first kappa shape index (κ1) is 23.6. The number of alkyl carbamates (subject to hydrolysis) is 1. The second-order valence-corrected chi connectivity index (χ2v) is 9.23. The van der Waals surface area contributed by atoms with Gasteiger partial charge in [-0.15, -0.1) is 0 Å². The molecule has 1 fully saturated rings. The number of para-hydroxylation sites is 1. The molecule has 1 N–H and O–H groups in total. The molecule has 6 heteroatoms. The Balaban J connectivity index is 1.68. The van der Waals surface area contributed by atoms with Crippen LogP contribution in [0.2, 0.25) is 0 Å². The van der Waals surface area contributed by atoms with Crippen molar-refractivity contribution in [3.63, 3.8) is 0 Å². The summed E-state index contributed by atoms with van der Waals surface area (Å²) >= 11 is 0. The van der Waals surface area contributed by atoms with Gasteiger partial charge >= 0.3 is 6.09 Å². The first-order valence-electron chi connectivity index (χ1n) is 11.2. The molecule has 3 rings (SSSR count). The van der Waals surface area contributed by atoms with Gasteiger partial charge < -0.3 is 19.7 Å². The molecule has 0 aromatic heterocycles. The number of likely N-dealkylation sites (tertiary alicyclic amines) is 1. The zero-order valence-electron chi connectivity index (χ0n) is 19.5. The summed E-state index contributed by atoms with van der Waals surface area (Å²) in [5.41, 5.74) is 1.55. The Bertz CT molecular complexity index is 900. The molecule has 0 saturated carbocycles. The van der Waals surface area contributed by atoms with Gasteiger partial charge in [0.1, 0.15) is 17.4 Å². The maximum Gasteiger partial charge on any atom is 0.408 e. The minimum Gasteiger partial charge on any atom is -0.496 e. The van der Waals surface area contributed by atoms with E-state index in [1.807, 2.05) is 74.2 Å². The number of ether oxygens (including phenoxy) is 2. The lowest BCUT2D eigenvalue weighted by Crippen LogP contribution is -2.52. The molecule has 0 bridgehead atoms. The van der Waals surface area contributed by atoms with Crippen molar-refractivity contribution in [2.45, 2.75) is 57.6 Å². The van der Waals surface area contributed by atoms with E-state index in [9.17, 15) is 9.59 Å². The minimum atomic E-state index is -0.671. The number of nitrogens with zero attached hydrogens (tertiary/aromatic N) is 1. The first-order valence-corrected chi connectivity index (χ1v) is 11.2. The van der Waals surface area contributed by atoms with Crippen molar-refractivity contribution < 1.29 is 19.1 Å². The summed E-state index contributed by atoms with van der Waals surface area (Å²) in [4.78, 5) is 27.7. The SMILES string of the molecule is COc1ccccc1C1CCN(C(=O)[C@@H](Cc2ccccc2)NC(=O)OC(C)(C)C)CC1. The van der Waals surface area contributed by atoms with Gasteiger partial charge in [-0.2, -0.15) is 0 Å². The number of carbonyl (C=O) groups is 2. The number of benzene rings is 2. The van der Waals surface area contributed by atoms with E-state index >= 15 is 0 Å². The van der Waals surface area contributed by atoms with Crippen LogP contribution in [-0.2, 0) is 16.0 Å². The minimum absolute atomic E-state index is 0.0711. The van der Waals surface area contributed by atoms with Gasteiger partial charge in [0, 0.05) is 19.5 Å². The summed E-state index contributed by atoms with van der Waals surface area (Å²) in [5.74, 6) is 1.17. The van der Waals surface area contributed by atoms with Crippen LogP contribution >= 0.6 is 0 Å². The third kappa shape index (κ3) is 6.49. The maximum atomic E-state index is 13.4. The number of piperidine rings is 1. The highest BCUT2D eigenvalue weighted by Gasteiger charge is 2.31. The van der Waals surface area contributed by atoms with Gasteiger partial charge in [0.2, 0.25) is 5.91 Å². The second-order valence-electron chi connectivity index (χ2n) is 9.23. The molecule has 1 heterocycles. The zero-order chi connectivity index (χ0) is 23.1. The van der Waals surface area contributed by atoms with E-state index in [2.05, 4.69) is 11.4 Å². The van der Waals surface area contributed by atoms with Gasteiger partial charge in [-0.05, 0) is 56.7 Å². The van der Waals surface area contributed by atoms with E-state index in [1.54, 1.807) is 7.11 Å². The predicted molar refractivity (Wildman–Crippen MR) is 125 cm³/mol. The molecule has 1 aliphatic heterocycles. The second kappa shape index (κ2) is 10.5. The summed E-state index contributed by atoms with van der Waals surface area (Å²) in [5, 5.41) is 2.81. The average Bonchev–Trinajstić information content (AvgIpc) is 2.77. The Morgan fingerprint density at radius 1 is 1.03 bits per heavy atom. The van der Waals surface area contributed by atoms with Crippen LogP contribution in [0.25, 0.3) is 0 Å². The van der Waals surface area contributed by atoms with Gasteiger partial charge in [-0.1, -0.05) is 48.5 Å². The van der Waals surface area contributed by atoms with Gasteiger partial charge in [0.05, 0.1) is 7.11 Å². The van der Waals surface area contributed by atoms with E-state index in [4.69, 9.17) is 9.47 Å². The molecule has 2 amide bonds. The molecule has 1 saturated heterocycles. The molecule has 1 aliphatic rings. The fraction of sp³-hybridized carbons (Fsp3) is 0.462. The lowest BCUT2D eigenvalue weighted by molar-refractivity contribution is -0.134. The largest absolute Gasteiger partial charge is 0.496 e. The summed E-state index contributed by atoms with van der Waals surface area (Å²) in [6, 6.07) is 17.1. The van der Waals surface area contributed by atoms with Crippen LogP contribution in [0.4, 0.5) is 4.79 Å². The van der Waals surface area contributed by atoms with E-state index in [0.717, 1.165) is 24.2 Å². The highest BCUT2D eigenvalue weighted by molar-refractivity contribution is 5.86. The molecule has 0 aliphatic carbocycles. The number of hydrogen-bond acceptors (Lipinski definition) is 4. The van der Waals surface area contributed by atoms with Crippen molar-refractivity contribution in [3.8, 4) is 5.75 Å². The van der Waals surface area contributed by atoms with Crippen molar-refractivity contribution in [3.05, 3.63) is 65.7 Å². The van der Waals surface area contributed by atoms with Crippen LogP contribution in [-0.4, -0.2) is 48.7 Å². The van der Waals surface area contributed by atoms with Crippen molar-refractivity contribution in [1.82, 2.24) is 10.2 Å². The third-order valence-corrected chi connectivity index (χ3v) is 5.66. The predicted octanol–water partition coefficient (Wildman–Crippen LogP) is 4.54. The Labute approximate surface area is 190 Å². The molecule has 1 atom stereocenters. The van der Waals surface area contributed by atoms with E-state index in [-0.39, 0.29) is 5.91 Å². The van der Waals surface area contributed by atoms with E-state index < -0.39 is 17.7 Å². The molecule has 0 spiro atoms. The quantitative estimate of drug-likeness (QED) is 0.719. The number of nitrogens with one attached hydrogen (secondary N) is 1. The zero-order valence-corrected chi connectivity index (χ0v) is 19.5. The molecular weight excluding hydrogens is 404 g/mol. The van der Waals surface area contributed by atoms with Gasteiger partial charge in [0.25, 0.3) is 0 Å². The number of hydrogen-bond donors (Lipinski definition) is 1. The topological polar surface area (TPSA) is 67.9 Å². The van der Waals surface area contributed by atoms with Crippen LogP contribution in [0.5, 0.6) is 5.75 Å². The van der Waals surface area contributed by atoms with Gasteiger partial charge in [0.15, 0.2) is 0 Å². The molecule has 32 heavy (non-hydrogen) atoms. The van der Waals surface area contributed by atoms with Gasteiger partial charge in [-0.3, -0.25) is 4.79 Å². The summed E-state index contributed by atoms with van der Waals surface area (Å²) in [6.45, 7) is 6.71. The van der Waals surface area contributed by atoms with Crippen molar-refractivity contribution in [1.29, 1.82) is 0 Å². The Kier molecular flexibility index (Phi) is 7.78. The van der Waals surface area contributed by atoms with E-state index in [1.165, 1.54) is 5.56 Å². The van der Waals surface area contributed by atoms with Crippen LogP contribution < -0.4 is 10.1 Å². The fourth-order valence-corrected chi connectivity index (χ4v) is 4.13. The Hall–Kier alpha value is -3.02. The number of rotatable bonds is 6. The fourth-order valence-electron chi connectivity index (χ4n) is 4.13. The van der Waals surface area contributed by atoms with Crippen LogP contribution in [0.1, 0.15) is 50.7 Å². The lowest BCUT2D eigenvalue weighted by Gasteiger charge is -2.35. The highest BCUT2D eigenvalue weighted by atomic mass is 16.6. The Morgan fingerprint density at radius 2 is 1.66 bits per heavy atom. The monoisotopic (exact) mass is 438 g/mol. The van der Waals surface area contributed by atoms with Crippen LogP contribution in [0.15, 0.2) is 54.6 Å². The van der Waals surface area contributed by atoms with E-state index in [0.29, 0.717) is 25.4 Å². The van der Waals surface area contributed by atoms with Crippen molar-refractivity contribution in [2.24, 2.45) is 0 Å². The lowest BCUT2D eigenvalue weighted by atomic mass is 9.88.